The highest BCUT2D eigenvalue weighted by Gasteiger charge is 2.10. The van der Waals surface area contributed by atoms with Gasteiger partial charge in [-0.2, -0.15) is 0 Å². The fourth-order valence-electron chi connectivity index (χ4n) is 1.92. The molecule has 0 saturated carbocycles. The maximum absolute atomic E-state index is 12.3. The number of nitrogens with zero attached hydrogens (tertiary/aromatic N) is 4. The first-order valence-corrected chi connectivity index (χ1v) is 6.40. The van der Waals surface area contributed by atoms with Crippen LogP contribution in [0, 0.1) is 6.92 Å². The van der Waals surface area contributed by atoms with E-state index in [1.807, 2.05) is 23.8 Å². The van der Waals surface area contributed by atoms with Crippen LogP contribution in [0.4, 0.5) is 5.69 Å². The molecule has 0 unspecified atom stereocenters. The number of aromatic nitrogens is 4. The highest BCUT2D eigenvalue weighted by atomic mass is 16.1. The van der Waals surface area contributed by atoms with Crippen molar-refractivity contribution in [1.29, 1.82) is 0 Å². The number of carbonyl (C=O) groups is 1. The van der Waals surface area contributed by atoms with Gasteiger partial charge in [0.25, 0.3) is 5.91 Å². The first kappa shape index (κ1) is 13.0. The van der Waals surface area contributed by atoms with E-state index in [0.29, 0.717) is 5.69 Å². The Hall–Kier alpha value is -3.02. The molecule has 3 heterocycles. The van der Waals surface area contributed by atoms with Gasteiger partial charge in [0, 0.05) is 36.7 Å². The van der Waals surface area contributed by atoms with Crippen LogP contribution >= 0.6 is 0 Å². The predicted molar refractivity (Wildman–Crippen MR) is 78.3 cm³/mol. The van der Waals surface area contributed by atoms with Gasteiger partial charge in [-0.1, -0.05) is 0 Å². The van der Waals surface area contributed by atoms with Crippen molar-refractivity contribution in [1.82, 2.24) is 19.5 Å². The van der Waals surface area contributed by atoms with E-state index in [4.69, 9.17) is 0 Å². The molecular weight excluding hydrogens is 266 g/mol. The predicted octanol–water partition coefficient (Wildman–Crippen LogP) is 2.22. The van der Waals surface area contributed by atoms with Gasteiger partial charge in [0.1, 0.15) is 5.69 Å². The van der Waals surface area contributed by atoms with E-state index in [1.54, 1.807) is 43.2 Å². The number of amides is 1. The summed E-state index contributed by atoms with van der Waals surface area (Å²) >= 11 is 0. The van der Waals surface area contributed by atoms with Gasteiger partial charge in [0.15, 0.2) is 0 Å². The Balaban J connectivity index is 1.85. The summed E-state index contributed by atoms with van der Waals surface area (Å²) in [6.45, 7) is 1.89. The molecule has 3 aromatic rings. The number of rotatable bonds is 3. The lowest BCUT2D eigenvalue weighted by atomic mass is 10.2. The quantitative estimate of drug-likeness (QED) is 0.798. The number of imidazole rings is 1. The molecule has 1 amide bonds. The van der Waals surface area contributed by atoms with Gasteiger partial charge in [-0.15, -0.1) is 0 Å². The summed E-state index contributed by atoms with van der Waals surface area (Å²) in [5.74, 6) is -0.258. The zero-order chi connectivity index (χ0) is 14.7. The fraction of sp³-hybridized carbons (Fsp3) is 0.0667. The average Bonchev–Trinajstić information content (AvgIpc) is 3.04. The van der Waals surface area contributed by atoms with Crippen LogP contribution in [0.15, 0.2) is 55.5 Å². The minimum atomic E-state index is -0.258. The third-order valence-electron chi connectivity index (χ3n) is 3.05. The zero-order valence-corrected chi connectivity index (χ0v) is 11.4. The van der Waals surface area contributed by atoms with Crippen LogP contribution in [0.3, 0.4) is 0 Å². The van der Waals surface area contributed by atoms with Crippen molar-refractivity contribution in [3.05, 3.63) is 66.8 Å². The monoisotopic (exact) mass is 279 g/mol. The molecular formula is C15H13N5O. The second kappa shape index (κ2) is 5.54. The van der Waals surface area contributed by atoms with Crippen LogP contribution in [0.5, 0.6) is 0 Å². The molecule has 0 aliphatic carbocycles. The van der Waals surface area contributed by atoms with Crippen molar-refractivity contribution in [2.24, 2.45) is 0 Å². The first-order chi connectivity index (χ1) is 10.2. The lowest BCUT2D eigenvalue weighted by molar-refractivity contribution is 0.102. The van der Waals surface area contributed by atoms with Crippen molar-refractivity contribution in [3.8, 4) is 5.69 Å². The summed E-state index contributed by atoms with van der Waals surface area (Å²) in [5, 5.41) is 2.83. The molecule has 0 spiro atoms. The fourth-order valence-corrected chi connectivity index (χ4v) is 1.92. The SMILES string of the molecule is Cc1cnccc1NC(=O)c1cc(-n2ccnc2)ccn1. The topological polar surface area (TPSA) is 72.7 Å². The van der Waals surface area contributed by atoms with Crippen molar-refractivity contribution in [3.63, 3.8) is 0 Å². The van der Waals surface area contributed by atoms with Crippen molar-refractivity contribution >= 4 is 11.6 Å². The van der Waals surface area contributed by atoms with Gasteiger partial charge in [0.05, 0.1) is 12.0 Å². The Labute approximate surface area is 121 Å². The number of nitrogens with one attached hydrogen (secondary N) is 1. The molecule has 3 rings (SSSR count). The van der Waals surface area contributed by atoms with E-state index in [2.05, 4.69) is 20.3 Å². The first-order valence-electron chi connectivity index (χ1n) is 6.40. The lowest BCUT2D eigenvalue weighted by Gasteiger charge is -2.08. The maximum atomic E-state index is 12.3. The molecule has 0 atom stereocenters. The number of carbonyl (C=O) groups excluding carboxylic acids is 1. The number of hydrogen-bond donors (Lipinski definition) is 1. The van der Waals surface area contributed by atoms with Crippen LogP contribution in [0.2, 0.25) is 0 Å². The molecule has 0 radical (unpaired) electrons. The minimum Gasteiger partial charge on any atom is -0.320 e. The summed E-state index contributed by atoms with van der Waals surface area (Å²) in [5.41, 5.74) is 2.80. The molecule has 0 aliphatic rings. The Bertz CT molecular complexity index is 767. The van der Waals surface area contributed by atoms with Gasteiger partial charge in [0.2, 0.25) is 0 Å². The van der Waals surface area contributed by atoms with E-state index >= 15 is 0 Å². The van der Waals surface area contributed by atoms with Gasteiger partial charge >= 0.3 is 0 Å². The molecule has 0 saturated heterocycles. The van der Waals surface area contributed by atoms with Gasteiger partial charge < -0.3 is 9.88 Å². The zero-order valence-electron chi connectivity index (χ0n) is 11.4. The highest BCUT2D eigenvalue weighted by Crippen LogP contribution is 2.14. The summed E-state index contributed by atoms with van der Waals surface area (Å²) in [7, 11) is 0. The molecule has 1 N–H and O–H groups in total. The molecule has 0 aromatic carbocycles. The van der Waals surface area contributed by atoms with Gasteiger partial charge in [-0.3, -0.25) is 14.8 Å². The van der Waals surface area contributed by atoms with Crippen LogP contribution in [-0.4, -0.2) is 25.4 Å². The Morgan fingerprint density at radius 2 is 2.10 bits per heavy atom. The summed E-state index contributed by atoms with van der Waals surface area (Å²) in [6.07, 6.45) is 10.1. The normalized spacial score (nSPS) is 10.3. The summed E-state index contributed by atoms with van der Waals surface area (Å²) in [6, 6.07) is 5.29. The van der Waals surface area contributed by atoms with Crippen molar-refractivity contribution in [2.75, 3.05) is 5.32 Å². The van der Waals surface area contributed by atoms with Crippen LogP contribution in [0.25, 0.3) is 5.69 Å². The smallest absolute Gasteiger partial charge is 0.274 e. The van der Waals surface area contributed by atoms with Gasteiger partial charge in [-0.05, 0) is 30.7 Å². The largest absolute Gasteiger partial charge is 0.320 e. The van der Waals surface area contributed by atoms with E-state index in [0.717, 1.165) is 16.9 Å². The number of anilines is 1. The third kappa shape index (κ3) is 2.79. The molecule has 6 heteroatoms. The Morgan fingerprint density at radius 1 is 1.19 bits per heavy atom. The molecule has 3 aromatic heterocycles. The van der Waals surface area contributed by atoms with E-state index in [9.17, 15) is 4.79 Å². The number of aryl methyl sites for hydroxylation is 1. The number of hydrogen-bond acceptors (Lipinski definition) is 4. The molecule has 21 heavy (non-hydrogen) atoms. The maximum Gasteiger partial charge on any atom is 0.274 e. The minimum absolute atomic E-state index is 0.258. The van der Waals surface area contributed by atoms with E-state index in [1.165, 1.54) is 0 Å². The molecule has 104 valence electrons. The standard InChI is InChI=1S/C15H13N5O/c1-11-9-16-4-3-13(11)19-15(21)14-8-12(2-5-18-14)20-7-6-17-10-20/h2-10H,1H3,(H,16,19,21). The van der Waals surface area contributed by atoms with E-state index in [-0.39, 0.29) is 5.91 Å². The number of pyridine rings is 2. The van der Waals surface area contributed by atoms with E-state index < -0.39 is 0 Å². The Kier molecular flexibility index (Phi) is 3.42. The van der Waals surface area contributed by atoms with Crippen LogP contribution in [-0.2, 0) is 0 Å². The molecule has 0 bridgehead atoms. The molecule has 0 fully saturated rings. The van der Waals surface area contributed by atoms with Crippen LogP contribution < -0.4 is 5.32 Å². The summed E-state index contributed by atoms with van der Waals surface area (Å²) < 4.78 is 1.82. The molecule has 6 nitrogen and oxygen atoms in total. The van der Waals surface area contributed by atoms with Crippen molar-refractivity contribution < 1.29 is 4.79 Å². The van der Waals surface area contributed by atoms with Gasteiger partial charge in [-0.25, -0.2) is 4.98 Å². The summed E-state index contributed by atoms with van der Waals surface area (Å²) in [4.78, 5) is 24.4. The van der Waals surface area contributed by atoms with Crippen LogP contribution in [0.1, 0.15) is 16.1 Å². The second-order valence-electron chi connectivity index (χ2n) is 4.51. The Morgan fingerprint density at radius 3 is 2.86 bits per heavy atom. The highest BCUT2D eigenvalue weighted by molar-refractivity contribution is 6.03. The molecule has 0 aliphatic heterocycles. The third-order valence-corrected chi connectivity index (χ3v) is 3.05. The second-order valence-corrected chi connectivity index (χ2v) is 4.51. The van der Waals surface area contributed by atoms with Crippen molar-refractivity contribution in [2.45, 2.75) is 6.92 Å². The lowest BCUT2D eigenvalue weighted by Crippen LogP contribution is -2.14. The average molecular weight is 279 g/mol.